The van der Waals surface area contributed by atoms with E-state index in [9.17, 15) is 4.79 Å². The van der Waals surface area contributed by atoms with Gasteiger partial charge in [-0.05, 0) is 36.4 Å². The third-order valence-corrected chi connectivity index (χ3v) is 14.6. The maximum absolute atomic E-state index is 13.4. The predicted molar refractivity (Wildman–Crippen MR) is 231 cm³/mol. The van der Waals surface area contributed by atoms with Crippen LogP contribution in [-0.4, -0.2) is 18.1 Å². The van der Waals surface area contributed by atoms with E-state index in [2.05, 4.69) is 194 Å². The fourth-order valence-corrected chi connectivity index (χ4v) is 11.9. The van der Waals surface area contributed by atoms with Gasteiger partial charge in [0.25, 0.3) is 0 Å². The number of hydrogen-bond donors (Lipinski definition) is 0. The van der Waals surface area contributed by atoms with E-state index in [1.807, 2.05) is 48.5 Å². The van der Waals surface area contributed by atoms with E-state index in [4.69, 9.17) is 0 Å². The van der Waals surface area contributed by atoms with Crippen molar-refractivity contribution >= 4 is 57.0 Å². The molecule has 0 aliphatic carbocycles. The van der Waals surface area contributed by atoms with Gasteiger partial charge in [-0.3, -0.25) is 4.79 Å². The lowest BCUT2D eigenvalue weighted by Gasteiger charge is -2.44. The minimum Gasteiger partial charge on any atom is -0.290 e. The lowest BCUT2D eigenvalue weighted by atomic mass is 9.13. The van der Waals surface area contributed by atoms with Crippen LogP contribution in [0.15, 0.2) is 243 Å². The van der Waals surface area contributed by atoms with Crippen LogP contribution in [0.25, 0.3) is 0 Å². The Bertz CT molecular complexity index is 2030. The first-order chi connectivity index (χ1) is 26.2. The number of carbonyl (C=O) groups excluding carboxylic acids is 1. The van der Waals surface area contributed by atoms with Gasteiger partial charge in [0.15, 0.2) is 0 Å². The predicted octanol–water partition coefficient (Wildman–Crippen LogP) is 7.93. The molecule has 0 amide bonds. The van der Waals surface area contributed by atoms with E-state index in [1.54, 1.807) is 0 Å². The number of hydrogen-bond acceptors (Lipinski definition) is 1. The van der Waals surface area contributed by atoms with Crippen molar-refractivity contribution in [2.75, 3.05) is 6.16 Å². The molecule has 0 N–H and O–H groups in total. The molecule has 0 spiro atoms. The molecule has 0 unspecified atom stereocenters. The quantitative estimate of drug-likeness (QED) is 0.0806. The van der Waals surface area contributed by atoms with Crippen LogP contribution in [0.4, 0.5) is 0 Å². The molecule has 0 heterocycles. The zero-order chi connectivity index (χ0) is 36.2. The second kappa shape index (κ2) is 17.0. The highest BCUT2D eigenvalue weighted by Gasteiger charge is 2.47. The van der Waals surface area contributed by atoms with Crippen LogP contribution in [0.5, 0.6) is 0 Å². The molecule has 0 saturated carbocycles. The fourth-order valence-electron chi connectivity index (χ4n) is 7.82. The lowest BCUT2D eigenvalue weighted by Crippen LogP contribution is -2.74. The molecule has 53 heavy (non-hydrogen) atoms. The molecule has 1 nitrogen and oxygen atoms in total. The van der Waals surface area contributed by atoms with Gasteiger partial charge < -0.3 is 0 Å². The van der Waals surface area contributed by atoms with Crippen LogP contribution in [0.2, 0.25) is 0 Å². The van der Waals surface area contributed by atoms with Gasteiger partial charge in [-0.25, -0.2) is 0 Å². The first kappa shape index (κ1) is 35.3. The third kappa shape index (κ3) is 7.47. The molecule has 8 aromatic rings. The lowest BCUT2D eigenvalue weighted by molar-refractivity contribution is 0.102. The van der Waals surface area contributed by atoms with Gasteiger partial charge in [-0.2, -0.15) is 21.9 Å². The first-order valence-electron chi connectivity index (χ1n) is 18.2. The summed E-state index contributed by atoms with van der Waals surface area (Å²) in [6, 6.07) is 84.7. The minimum absolute atomic E-state index is 0.186. The summed E-state index contributed by atoms with van der Waals surface area (Å²) in [7, 11) is -2.12. The molecule has 0 bridgehead atoms. The zero-order valence-electron chi connectivity index (χ0n) is 29.7. The molecule has 8 aromatic carbocycles. The average molecular weight is 701 g/mol. The van der Waals surface area contributed by atoms with E-state index in [0.29, 0.717) is 6.16 Å². The molecule has 0 aromatic heterocycles. The highest BCUT2D eigenvalue weighted by atomic mass is 31.2. The van der Waals surface area contributed by atoms with Gasteiger partial charge >= 0.3 is 0 Å². The second-order valence-corrected chi connectivity index (χ2v) is 16.8. The number of ketones is 1. The Hall–Kier alpha value is -6.08. The van der Waals surface area contributed by atoms with Crippen molar-refractivity contribution in [1.29, 1.82) is 0 Å². The molecule has 8 rings (SSSR count). The highest BCUT2D eigenvalue weighted by molar-refractivity contribution is 7.96. The van der Waals surface area contributed by atoms with Crippen LogP contribution in [0, 0.1) is 0 Å². The minimum atomic E-state index is -2.12. The van der Waals surface area contributed by atoms with Crippen LogP contribution in [0.1, 0.15) is 10.4 Å². The van der Waals surface area contributed by atoms with E-state index in [1.165, 1.54) is 37.8 Å². The number of rotatable bonds is 10. The van der Waals surface area contributed by atoms with Crippen molar-refractivity contribution in [3.8, 4) is 0 Å². The number of Topliss-reactive ketones (excluding diaryl/α,β-unsaturated/α-hetero) is 1. The summed E-state index contributed by atoms with van der Waals surface area (Å²) in [4.78, 5) is 13.4. The van der Waals surface area contributed by atoms with Gasteiger partial charge in [0.2, 0.25) is 5.78 Å². The SMILES string of the molecule is O=C(C[P+](c1ccccc1)(c1ccccc1)c1ccccc1)c1ccccc1.c1ccc([B-](c2ccccc2)(c2ccccc2)c2ccccc2)cc1. The number of carbonyl (C=O) groups is 1. The molecular formula is C50H42BOP. The molecular weight excluding hydrogens is 658 g/mol. The van der Waals surface area contributed by atoms with E-state index in [-0.39, 0.29) is 5.78 Å². The zero-order valence-corrected chi connectivity index (χ0v) is 30.6. The smallest absolute Gasteiger partial charge is 0.201 e. The van der Waals surface area contributed by atoms with E-state index >= 15 is 0 Å². The first-order valence-corrected chi connectivity index (χ1v) is 20.2. The molecule has 3 heteroatoms. The highest BCUT2D eigenvalue weighted by Crippen LogP contribution is 2.55. The Morgan fingerprint density at radius 1 is 0.321 bits per heavy atom. The van der Waals surface area contributed by atoms with Gasteiger partial charge in [-0.15, -0.1) is 0 Å². The van der Waals surface area contributed by atoms with Gasteiger partial charge in [0.1, 0.15) is 35.5 Å². The van der Waals surface area contributed by atoms with Crippen LogP contribution in [-0.2, 0) is 0 Å². The third-order valence-electron chi connectivity index (χ3n) is 10.3. The molecule has 0 fully saturated rings. The summed E-state index contributed by atoms with van der Waals surface area (Å²) in [5, 5.41) is 3.70. The maximum Gasteiger partial charge on any atom is 0.201 e. The van der Waals surface area contributed by atoms with Gasteiger partial charge in [-0.1, -0.05) is 206 Å². The number of benzene rings is 8. The van der Waals surface area contributed by atoms with Crippen LogP contribution in [0.3, 0.4) is 0 Å². The summed E-state index contributed by atoms with van der Waals surface area (Å²) in [6.07, 6.45) is -0.734. The summed E-state index contributed by atoms with van der Waals surface area (Å²) >= 11 is 0. The standard InChI is InChI=1S/C26H22OP.C24H20B/c27-26(22-13-5-1-6-14-22)21-28(23-15-7-2-8-16-23,24-17-9-3-10-18-24)25-19-11-4-12-20-25;1-5-13-21(14-6-1)25(22-15-7-2-8-16-22,23-17-9-3-10-18-23)24-19-11-4-12-20-24/h1-20H,21H2;1-20H/q+1;-1. The van der Waals surface area contributed by atoms with Crippen LogP contribution < -0.4 is 37.8 Å². The van der Waals surface area contributed by atoms with Crippen LogP contribution >= 0.6 is 7.26 Å². The topological polar surface area (TPSA) is 17.1 Å². The van der Waals surface area contributed by atoms with E-state index in [0.717, 1.165) is 5.56 Å². The Morgan fingerprint density at radius 2 is 0.547 bits per heavy atom. The molecule has 0 saturated heterocycles. The van der Waals surface area contributed by atoms with Crippen molar-refractivity contribution in [3.63, 3.8) is 0 Å². The summed E-state index contributed by atoms with van der Waals surface area (Å²) in [5.41, 5.74) is 6.13. The molecule has 0 aliphatic rings. The molecule has 256 valence electrons. The molecule has 0 atom stereocenters. The normalized spacial score (nSPS) is 11.2. The largest absolute Gasteiger partial charge is 0.290 e. The Kier molecular flexibility index (Phi) is 11.3. The Morgan fingerprint density at radius 3 is 0.811 bits per heavy atom. The second-order valence-electron chi connectivity index (χ2n) is 13.3. The molecule has 0 radical (unpaired) electrons. The Labute approximate surface area is 314 Å². The summed E-state index contributed by atoms with van der Waals surface area (Å²) in [5.74, 6) is 0.186. The van der Waals surface area contributed by atoms with Crippen molar-refractivity contribution < 1.29 is 4.79 Å². The van der Waals surface area contributed by atoms with Crippen molar-refractivity contribution in [3.05, 3.63) is 248 Å². The van der Waals surface area contributed by atoms with Crippen molar-refractivity contribution in [2.45, 2.75) is 0 Å². The average Bonchev–Trinajstić information content (AvgIpc) is 3.26. The summed E-state index contributed by atoms with van der Waals surface area (Å²) in [6.45, 7) is 0. The maximum atomic E-state index is 13.4. The van der Waals surface area contributed by atoms with Crippen molar-refractivity contribution in [1.82, 2.24) is 0 Å². The fraction of sp³-hybridized carbons (Fsp3) is 0.0200. The monoisotopic (exact) mass is 700 g/mol. The Balaban J connectivity index is 0.000000165. The van der Waals surface area contributed by atoms with Gasteiger partial charge in [0, 0.05) is 5.56 Å². The van der Waals surface area contributed by atoms with Crippen molar-refractivity contribution in [2.24, 2.45) is 0 Å². The van der Waals surface area contributed by atoms with E-state index < -0.39 is 13.4 Å². The summed E-state index contributed by atoms with van der Waals surface area (Å²) < 4.78 is 0. The molecule has 0 aliphatic heterocycles. The van der Waals surface area contributed by atoms with Gasteiger partial charge in [0.05, 0.1) is 0 Å².